The maximum Gasteiger partial charge on any atom is 0.474 e. The molecule has 0 aromatic carbocycles. The predicted octanol–water partition coefficient (Wildman–Crippen LogP) is 15.6. The summed E-state index contributed by atoms with van der Waals surface area (Å²) in [6.07, 6.45) is 41.5. The van der Waals surface area contributed by atoms with Crippen LogP contribution < -0.4 is 0 Å². The molecule has 0 atom stereocenters. The van der Waals surface area contributed by atoms with Gasteiger partial charge in [0.2, 0.25) is 0 Å². The van der Waals surface area contributed by atoms with Gasteiger partial charge in [0.15, 0.2) is 0 Å². The molecule has 0 spiro atoms. The minimum atomic E-state index is -3.40. The van der Waals surface area contributed by atoms with Gasteiger partial charge in [0, 0.05) is 6.42 Å². The number of carbonyl (C=O) groups is 1. The molecule has 0 rings (SSSR count). The highest BCUT2D eigenvalue weighted by Crippen LogP contribution is 2.50. The van der Waals surface area contributed by atoms with Crippen molar-refractivity contribution in [3.63, 3.8) is 0 Å². The Labute approximate surface area is 307 Å². The first-order valence-electron chi connectivity index (χ1n) is 21.7. The van der Waals surface area contributed by atoms with Crippen molar-refractivity contribution in [2.45, 2.75) is 246 Å². The first-order chi connectivity index (χ1) is 24.0. The van der Waals surface area contributed by atoms with Crippen LogP contribution in [0.3, 0.4) is 0 Å². The summed E-state index contributed by atoms with van der Waals surface area (Å²) in [6.45, 7) is 10.3. The van der Waals surface area contributed by atoms with Gasteiger partial charge in [-0.25, -0.2) is 4.57 Å². The van der Waals surface area contributed by atoms with Crippen molar-refractivity contribution < 1.29 is 28.0 Å². The van der Waals surface area contributed by atoms with Crippen molar-refractivity contribution in [1.29, 1.82) is 0 Å². The highest BCUT2D eigenvalue weighted by Gasteiger charge is 2.26. The van der Waals surface area contributed by atoms with Gasteiger partial charge in [-0.1, -0.05) is 214 Å². The molecule has 0 aliphatic heterocycles. The van der Waals surface area contributed by atoms with E-state index in [1.807, 2.05) is 0 Å². The zero-order valence-corrected chi connectivity index (χ0v) is 34.5. The molecule has 0 bridgehead atoms. The van der Waals surface area contributed by atoms with Gasteiger partial charge in [0.05, 0.1) is 19.8 Å². The molecule has 1 N–H and O–H groups in total. The molecule has 0 fully saturated rings. The molecule has 0 aromatic rings. The zero-order valence-electron chi connectivity index (χ0n) is 33.6. The van der Waals surface area contributed by atoms with Crippen molar-refractivity contribution in [1.82, 2.24) is 0 Å². The summed E-state index contributed by atoms with van der Waals surface area (Å²) >= 11 is 0. The van der Waals surface area contributed by atoms with Crippen molar-refractivity contribution in [2.75, 3.05) is 19.8 Å². The monoisotopic (exact) mass is 719 g/mol. The van der Waals surface area contributed by atoms with Crippen LogP contribution in [0.2, 0.25) is 0 Å². The molecule has 0 amide bonds. The number of rotatable bonds is 40. The normalized spacial score (nSPS) is 11.5. The fraction of sp³-hybridized carbons (Fsp3) is 0.976. The molecule has 6 nitrogen and oxygen atoms in total. The first-order valence-corrected chi connectivity index (χ1v) is 23.2. The zero-order chi connectivity index (χ0) is 36.4. The van der Waals surface area contributed by atoms with Gasteiger partial charge < -0.3 is 5.11 Å². The minimum Gasteiger partial charge on any atom is -0.481 e. The Morgan fingerprint density at radius 2 is 0.571 bits per heavy atom. The number of aliphatic carboxylic acids is 1. The average Bonchev–Trinajstić information content (AvgIpc) is 3.09. The number of carboxylic acid groups (broad SMARTS) is 1. The van der Waals surface area contributed by atoms with Crippen LogP contribution in [0.5, 0.6) is 0 Å². The van der Waals surface area contributed by atoms with E-state index in [0.29, 0.717) is 26.2 Å². The van der Waals surface area contributed by atoms with Gasteiger partial charge in [-0.05, 0) is 25.7 Å². The number of hydrogen-bond acceptors (Lipinski definition) is 5. The second-order valence-corrected chi connectivity index (χ2v) is 16.0. The molecule has 0 heterocycles. The minimum absolute atomic E-state index is 0.345. The lowest BCUT2D eigenvalue weighted by atomic mass is 10.0. The van der Waals surface area contributed by atoms with E-state index < -0.39 is 13.8 Å². The van der Waals surface area contributed by atoms with Crippen molar-refractivity contribution >= 4 is 13.8 Å². The predicted molar refractivity (Wildman–Crippen MR) is 213 cm³/mol. The fourth-order valence-electron chi connectivity index (χ4n) is 5.94. The van der Waals surface area contributed by atoms with Gasteiger partial charge in [-0.3, -0.25) is 18.4 Å². The number of phosphoric acid groups is 1. The maximum absolute atomic E-state index is 13.0. The number of carboxylic acids is 1. The Morgan fingerprint density at radius 3 is 0.796 bits per heavy atom. The van der Waals surface area contributed by atoms with Crippen molar-refractivity contribution in [3.05, 3.63) is 0 Å². The number of unbranched alkanes of at least 4 members (excludes halogenated alkanes) is 29. The smallest absolute Gasteiger partial charge is 0.474 e. The highest BCUT2D eigenvalue weighted by molar-refractivity contribution is 7.48. The summed E-state index contributed by atoms with van der Waals surface area (Å²) in [7, 11) is -3.40. The van der Waals surface area contributed by atoms with Gasteiger partial charge in [0.1, 0.15) is 0 Å². The second kappa shape index (κ2) is 43.7. The topological polar surface area (TPSA) is 82.1 Å². The van der Waals surface area contributed by atoms with Crippen LogP contribution in [0.4, 0.5) is 0 Å². The third-order valence-corrected chi connectivity index (χ3v) is 10.7. The van der Waals surface area contributed by atoms with E-state index in [2.05, 4.69) is 27.7 Å². The van der Waals surface area contributed by atoms with E-state index in [4.69, 9.17) is 18.7 Å². The first kappa shape index (κ1) is 50.7. The van der Waals surface area contributed by atoms with Crippen LogP contribution in [0.1, 0.15) is 246 Å². The molecular formula is C42H87O6P. The molecule has 49 heavy (non-hydrogen) atoms. The molecule has 0 aliphatic carbocycles. The summed E-state index contributed by atoms with van der Waals surface area (Å²) in [6, 6.07) is 0. The molecule has 0 unspecified atom stereocenters. The molecule has 0 saturated carbocycles. The summed E-state index contributed by atoms with van der Waals surface area (Å²) in [5.74, 6) is -0.653. The molecule has 0 radical (unpaired) electrons. The molecule has 0 aromatic heterocycles. The molecule has 0 aliphatic rings. The summed E-state index contributed by atoms with van der Waals surface area (Å²) in [5.41, 5.74) is 0. The Bertz CT molecular complexity index is 621. The third-order valence-electron chi connectivity index (χ3n) is 9.24. The van der Waals surface area contributed by atoms with Crippen LogP contribution in [0, 0.1) is 0 Å². The van der Waals surface area contributed by atoms with Crippen LogP contribution in [-0.4, -0.2) is 30.9 Å². The number of hydrogen-bond donors (Lipinski definition) is 1. The Kier molecular flexibility index (Phi) is 45.3. The summed E-state index contributed by atoms with van der Waals surface area (Å²) in [4.78, 5) is 10.3. The lowest BCUT2D eigenvalue weighted by molar-refractivity contribution is -0.137. The number of phosphoric ester groups is 1. The van der Waals surface area contributed by atoms with Crippen molar-refractivity contribution in [3.8, 4) is 0 Å². The molecular weight excluding hydrogens is 631 g/mol. The van der Waals surface area contributed by atoms with Crippen LogP contribution in [0.25, 0.3) is 0 Å². The van der Waals surface area contributed by atoms with E-state index in [1.165, 1.54) is 161 Å². The van der Waals surface area contributed by atoms with E-state index in [9.17, 15) is 9.36 Å². The van der Waals surface area contributed by atoms with E-state index in [1.54, 1.807) is 0 Å². The standard InChI is InChI=1S/C24H51O4P.C18H36O2/c1-4-7-10-13-16-19-22-26-29(25,27-23-20-17-14-11-8-5-2)28-24-21-18-15-12-9-6-3;1-2-3-4-5-6-7-8-9-10-11-12-13-14-15-16-17-18(19)20/h4-24H2,1-3H3;2-17H2,1H3,(H,19,20). The van der Waals surface area contributed by atoms with Gasteiger partial charge in [0.25, 0.3) is 0 Å². The third kappa shape index (κ3) is 45.6. The van der Waals surface area contributed by atoms with E-state index in [0.717, 1.165) is 51.4 Å². The fourth-order valence-corrected chi connectivity index (χ4v) is 7.22. The quantitative estimate of drug-likeness (QED) is 0.0502. The van der Waals surface area contributed by atoms with E-state index in [-0.39, 0.29) is 0 Å². The van der Waals surface area contributed by atoms with Crippen LogP contribution >= 0.6 is 7.82 Å². The molecule has 0 saturated heterocycles. The van der Waals surface area contributed by atoms with Crippen LogP contribution in [0.15, 0.2) is 0 Å². The van der Waals surface area contributed by atoms with Gasteiger partial charge >= 0.3 is 13.8 Å². The summed E-state index contributed by atoms with van der Waals surface area (Å²) < 4.78 is 29.9. The van der Waals surface area contributed by atoms with Gasteiger partial charge in [-0.15, -0.1) is 0 Å². The molecule has 296 valence electrons. The highest BCUT2D eigenvalue weighted by atomic mass is 31.2. The maximum atomic E-state index is 13.0. The Morgan fingerprint density at radius 1 is 0.367 bits per heavy atom. The van der Waals surface area contributed by atoms with Gasteiger partial charge in [-0.2, -0.15) is 0 Å². The largest absolute Gasteiger partial charge is 0.481 e. The SMILES string of the molecule is CCCCCCCCCCCCCCCCCC(=O)O.CCCCCCCCOP(=O)(OCCCCCCCC)OCCCCCCCC. The van der Waals surface area contributed by atoms with Crippen molar-refractivity contribution in [2.24, 2.45) is 0 Å². The second-order valence-electron chi connectivity index (χ2n) is 14.3. The average molecular weight is 719 g/mol. The lowest BCUT2D eigenvalue weighted by Crippen LogP contribution is -2.04. The Hall–Kier alpha value is -0.420. The van der Waals surface area contributed by atoms with E-state index >= 15 is 0 Å². The molecule has 7 heteroatoms. The summed E-state index contributed by atoms with van der Waals surface area (Å²) in [5, 5.41) is 8.52. The lowest BCUT2D eigenvalue weighted by Gasteiger charge is -2.18. The Balaban J connectivity index is 0. The van der Waals surface area contributed by atoms with Crippen LogP contribution in [-0.2, 0) is 22.9 Å².